The van der Waals surface area contributed by atoms with E-state index in [-0.39, 0.29) is 0 Å². The van der Waals surface area contributed by atoms with Crippen LogP contribution in [0.2, 0.25) is 0 Å². The van der Waals surface area contributed by atoms with Crippen molar-refractivity contribution in [1.82, 2.24) is 0 Å². The summed E-state index contributed by atoms with van der Waals surface area (Å²) in [5, 5.41) is 0. The number of allylic oxidation sites excluding steroid dienone is 2. The van der Waals surface area contributed by atoms with Gasteiger partial charge in [0.15, 0.2) is 0 Å². The molecule has 0 aromatic heterocycles. The molecule has 7 heavy (non-hydrogen) atoms. The second-order valence-corrected chi connectivity index (χ2v) is 2.58. The second-order valence-electron chi connectivity index (χ2n) is 1.24. The fourth-order valence-electron chi connectivity index (χ4n) is 0.131. The molecule has 0 atom stereocenters. The van der Waals surface area contributed by atoms with E-state index in [1.54, 1.807) is 13.0 Å². The van der Waals surface area contributed by atoms with Crippen molar-refractivity contribution in [2.45, 2.75) is 13.8 Å². The predicted molar refractivity (Wildman–Crippen MR) is 34.6 cm³/mol. The van der Waals surface area contributed by atoms with Crippen LogP contribution in [-0.4, -0.2) is 5.87 Å². The molecule has 0 saturated carbocycles. The van der Waals surface area contributed by atoms with Crippen LogP contribution in [0.15, 0.2) is 11.0 Å². The van der Waals surface area contributed by atoms with Crippen LogP contribution in [0, 0.1) is 0 Å². The molecule has 0 spiro atoms. The molecule has 0 heterocycles. The average Bonchev–Trinajstić information content (AvgIpc) is 1.65. The smallest absolute Gasteiger partial charge is 0.0485 e. The van der Waals surface area contributed by atoms with Crippen molar-refractivity contribution in [2.75, 3.05) is 0 Å². The van der Waals surface area contributed by atoms with Crippen molar-refractivity contribution >= 4 is 16.3 Å². The normalized spacial score (nSPS) is 12.7. The molecule has 0 aromatic rings. The molecule has 0 fully saturated rings. The summed E-state index contributed by atoms with van der Waals surface area (Å²) in [6.07, 6.45) is 1.79. The first kappa shape index (κ1) is 6.76. The van der Waals surface area contributed by atoms with E-state index in [9.17, 15) is 4.21 Å². The van der Waals surface area contributed by atoms with Crippen molar-refractivity contribution in [1.29, 1.82) is 0 Å². The molecule has 2 heteroatoms. The Hall–Kier alpha value is -0.240. The Labute approximate surface area is 46.1 Å². The van der Waals surface area contributed by atoms with Gasteiger partial charge in [0.2, 0.25) is 0 Å². The summed E-state index contributed by atoms with van der Waals surface area (Å²) in [5.41, 5.74) is 0. The molecule has 0 aliphatic rings. The van der Waals surface area contributed by atoms with Gasteiger partial charge in [0.25, 0.3) is 0 Å². The lowest BCUT2D eigenvalue weighted by atomic mass is 10.6. The Morgan fingerprint density at radius 1 is 1.86 bits per heavy atom. The summed E-state index contributed by atoms with van der Waals surface area (Å²) in [6.45, 7) is 3.64. The molecule has 42 valence electrons. The van der Waals surface area contributed by atoms with Gasteiger partial charge in [-0.15, -0.1) is 11.0 Å². The lowest BCUT2D eigenvalue weighted by molar-refractivity contribution is 0.606. The first-order valence-corrected chi connectivity index (χ1v) is 3.34. The highest BCUT2D eigenvalue weighted by Gasteiger charge is 1.63. The number of hydrogen-bond acceptors (Lipinski definition) is 2. The van der Waals surface area contributed by atoms with E-state index in [0.29, 0.717) is 0 Å². The molecule has 0 saturated heterocycles. The van der Waals surface area contributed by atoms with Crippen LogP contribution < -0.4 is 0 Å². The lowest BCUT2D eigenvalue weighted by Gasteiger charge is -1.96. The Kier molecular flexibility index (Phi) is 2.76. The molecule has 0 rings (SSSR count). The Bertz CT molecular complexity index is 134. The van der Waals surface area contributed by atoms with E-state index in [1.165, 1.54) is 0 Å². The second kappa shape index (κ2) is 2.86. The van der Waals surface area contributed by atoms with Gasteiger partial charge in [0.1, 0.15) is 0 Å². The monoisotopic (exact) mass is 117 g/mol. The third-order valence-electron chi connectivity index (χ3n) is 0.766. The van der Waals surface area contributed by atoms with Crippen LogP contribution in [0.25, 0.3) is 0 Å². The zero-order chi connectivity index (χ0) is 5.86. The number of hydrogen-bond donors (Lipinski definition) is 0. The summed E-state index contributed by atoms with van der Waals surface area (Å²) in [7, 11) is -0.999. The zero-order valence-electron chi connectivity index (χ0n) is 4.60. The van der Waals surface area contributed by atoms with Crippen LogP contribution in [0.4, 0.5) is 0 Å². The van der Waals surface area contributed by atoms with Gasteiger partial charge in [-0.2, -0.15) is 5.87 Å². The third kappa shape index (κ3) is 2.45. The minimum Gasteiger partial charge on any atom is -0.458 e. The number of rotatable bonds is 1. The molecule has 1 nitrogen and oxygen atoms in total. The topological polar surface area (TPSA) is 17.1 Å². The minimum atomic E-state index is -0.999. The van der Waals surface area contributed by atoms with E-state index in [2.05, 4.69) is 5.87 Å². The summed E-state index contributed by atoms with van der Waals surface area (Å²) in [5.74, 6) is 3.31. The molecule has 0 aliphatic heterocycles. The largest absolute Gasteiger partial charge is 0.458 e. The average molecular weight is 117 g/mol. The van der Waals surface area contributed by atoms with E-state index < -0.39 is 10.4 Å². The fraction of sp³-hybridized carbons (Fsp3) is 0.400. The SMILES string of the molecule is C=[S-](=O)/C(C)=C/C. The summed E-state index contributed by atoms with van der Waals surface area (Å²) >= 11 is 0. The van der Waals surface area contributed by atoms with Crippen molar-refractivity contribution in [2.24, 2.45) is 0 Å². The predicted octanol–water partition coefficient (Wildman–Crippen LogP) is 1.31. The molecule has 0 bridgehead atoms. The summed E-state index contributed by atoms with van der Waals surface area (Å²) in [4.78, 5) is 0.833. The van der Waals surface area contributed by atoms with Crippen molar-refractivity contribution in [3.8, 4) is 0 Å². The van der Waals surface area contributed by atoms with Crippen molar-refractivity contribution < 1.29 is 4.21 Å². The standard InChI is InChI=1S/C5H9OS/c1-4-5(2)7(3)6/h4H,3H2,1-2H3/q-1/b5-4+. The van der Waals surface area contributed by atoms with Crippen LogP contribution in [0.1, 0.15) is 13.8 Å². The maximum absolute atomic E-state index is 10.3. The van der Waals surface area contributed by atoms with Gasteiger partial charge >= 0.3 is 0 Å². The molecule has 0 radical (unpaired) electrons. The quantitative estimate of drug-likeness (QED) is 0.374. The molecule has 0 aliphatic carbocycles. The van der Waals surface area contributed by atoms with E-state index >= 15 is 0 Å². The Morgan fingerprint density at radius 2 is 2.29 bits per heavy atom. The van der Waals surface area contributed by atoms with E-state index in [1.807, 2.05) is 6.92 Å². The van der Waals surface area contributed by atoms with Gasteiger partial charge in [-0.3, -0.25) is 10.4 Å². The van der Waals surface area contributed by atoms with E-state index in [4.69, 9.17) is 0 Å². The van der Waals surface area contributed by atoms with Crippen LogP contribution >= 0.6 is 0 Å². The van der Waals surface area contributed by atoms with Crippen LogP contribution in [0.3, 0.4) is 0 Å². The van der Waals surface area contributed by atoms with Gasteiger partial charge in [-0.05, 0) is 6.92 Å². The highest BCUT2D eigenvalue weighted by atomic mass is 32.2. The van der Waals surface area contributed by atoms with Gasteiger partial charge in [0.05, 0.1) is 0 Å². The molecule has 0 unspecified atom stereocenters. The molecule has 0 aromatic carbocycles. The Morgan fingerprint density at radius 3 is 2.29 bits per heavy atom. The molecular weight excluding hydrogens is 108 g/mol. The summed E-state index contributed by atoms with van der Waals surface area (Å²) in [6, 6.07) is 0. The van der Waals surface area contributed by atoms with Crippen molar-refractivity contribution in [3.05, 3.63) is 11.0 Å². The van der Waals surface area contributed by atoms with Crippen LogP contribution in [0.5, 0.6) is 0 Å². The minimum absolute atomic E-state index is 0.833. The van der Waals surface area contributed by atoms with Gasteiger partial charge in [-0.25, -0.2) is 0 Å². The first-order valence-electron chi connectivity index (χ1n) is 2.03. The highest BCUT2D eigenvalue weighted by Crippen LogP contribution is 1.88. The van der Waals surface area contributed by atoms with E-state index in [0.717, 1.165) is 4.91 Å². The molecular formula is C5H9OS-. The summed E-state index contributed by atoms with van der Waals surface area (Å²) < 4.78 is 10.3. The first-order chi connectivity index (χ1) is 3.18. The highest BCUT2D eigenvalue weighted by molar-refractivity contribution is 7.86. The maximum atomic E-state index is 10.3. The molecule has 0 N–H and O–H groups in total. The van der Waals surface area contributed by atoms with Crippen LogP contribution in [-0.2, 0) is 14.6 Å². The van der Waals surface area contributed by atoms with Crippen molar-refractivity contribution in [3.63, 3.8) is 0 Å². The van der Waals surface area contributed by atoms with Gasteiger partial charge in [-0.1, -0.05) is 6.92 Å². The zero-order valence-corrected chi connectivity index (χ0v) is 5.42. The maximum Gasteiger partial charge on any atom is -0.0485 e. The lowest BCUT2D eigenvalue weighted by Crippen LogP contribution is -1.71. The van der Waals surface area contributed by atoms with Gasteiger partial charge in [0, 0.05) is 0 Å². The fourth-order valence-corrected chi connectivity index (χ4v) is 0.394. The molecule has 0 amide bonds. The Balaban J connectivity index is 4.10. The third-order valence-corrected chi connectivity index (χ3v) is 1.72. The van der Waals surface area contributed by atoms with Gasteiger partial charge < -0.3 is 4.21 Å².